The molecule has 0 heterocycles. The molecule has 0 aliphatic heterocycles. The van der Waals surface area contributed by atoms with Crippen molar-refractivity contribution >= 4 is 0 Å². The summed E-state index contributed by atoms with van der Waals surface area (Å²) < 4.78 is 13.6. The number of hydrogen-bond acceptors (Lipinski definition) is 3. The molecule has 0 fully saturated rings. The molecule has 2 unspecified atom stereocenters. The Bertz CT molecular complexity index is 637. The topological polar surface area (TPSA) is 56.0 Å². The van der Waals surface area contributed by atoms with Gasteiger partial charge in [-0.25, -0.2) is 4.39 Å². The van der Waals surface area contributed by atoms with E-state index in [-0.39, 0.29) is 11.6 Å². The van der Waals surface area contributed by atoms with Crippen molar-refractivity contribution in [3.63, 3.8) is 0 Å². The van der Waals surface area contributed by atoms with Crippen LogP contribution in [0.25, 0.3) is 0 Å². The van der Waals surface area contributed by atoms with Crippen LogP contribution in [0.5, 0.6) is 0 Å². The van der Waals surface area contributed by atoms with Crippen molar-refractivity contribution in [1.82, 2.24) is 5.32 Å². The molecule has 2 N–H and O–H groups in total. The van der Waals surface area contributed by atoms with Gasteiger partial charge in [0.2, 0.25) is 0 Å². The zero-order valence-corrected chi connectivity index (χ0v) is 11.8. The van der Waals surface area contributed by atoms with E-state index in [1.54, 1.807) is 12.1 Å². The number of hydrogen-bond donors (Lipinski definition) is 2. The molecule has 2 rings (SSSR count). The predicted octanol–water partition coefficient (Wildman–Crippen LogP) is 3.08. The minimum Gasteiger partial charge on any atom is -0.387 e. The van der Waals surface area contributed by atoms with Crippen LogP contribution in [0.1, 0.15) is 35.8 Å². The van der Waals surface area contributed by atoms with Gasteiger partial charge in [-0.1, -0.05) is 36.4 Å². The van der Waals surface area contributed by atoms with Crippen LogP contribution in [0.4, 0.5) is 4.39 Å². The van der Waals surface area contributed by atoms with Gasteiger partial charge in [0.25, 0.3) is 0 Å². The van der Waals surface area contributed by atoms with E-state index in [2.05, 4.69) is 5.32 Å². The highest BCUT2D eigenvalue weighted by Crippen LogP contribution is 2.18. The summed E-state index contributed by atoms with van der Waals surface area (Å²) in [6.45, 7) is 2.26. The number of benzene rings is 2. The minimum atomic E-state index is -0.614. The Balaban J connectivity index is 1.97. The largest absolute Gasteiger partial charge is 0.387 e. The van der Waals surface area contributed by atoms with Crippen molar-refractivity contribution in [3.05, 3.63) is 71.0 Å². The number of nitrogens with zero attached hydrogens (tertiary/aromatic N) is 1. The Morgan fingerprint density at radius 1 is 1.19 bits per heavy atom. The van der Waals surface area contributed by atoms with Gasteiger partial charge in [0.1, 0.15) is 11.9 Å². The maximum Gasteiger partial charge on any atom is 0.141 e. The molecule has 108 valence electrons. The van der Waals surface area contributed by atoms with E-state index < -0.39 is 11.9 Å². The lowest BCUT2D eigenvalue weighted by atomic mass is 10.0. The lowest BCUT2D eigenvalue weighted by Gasteiger charge is -2.18. The quantitative estimate of drug-likeness (QED) is 0.887. The molecule has 2 atom stereocenters. The summed E-state index contributed by atoms with van der Waals surface area (Å²) in [6, 6.07) is 15.6. The molecule has 3 nitrogen and oxygen atoms in total. The molecule has 0 aromatic heterocycles. The van der Waals surface area contributed by atoms with Gasteiger partial charge in [-0.2, -0.15) is 5.26 Å². The summed E-state index contributed by atoms with van der Waals surface area (Å²) in [6.07, 6.45) is -0.614. The SMILES string of the molecule is CC(NCC(O)c1ccccc1)c1ccc(C#N)c(F)c1. The van der Waals surface area contributed by atoms with Crippen molar-refractivity contribution < 1.29 is 9.50 Å². The van der Waals surface area contributed by atoms with Crippen molar-refractivity contribution in [2.75, 3.05) is 6.54 Å². The zero-order valence-electron chi connectivity index (χ0n) is 11.8. The maximum atomic E-state index is 13.6. The Hall–Kier alpha value is -2.22. The fourth-order valence-electron chi connectivity index (χ4n) is 2.09. The third-order valence-corrected chi connectivity index (χ3v) is 3.42. The zero-order chi connectivity index (χ0) is 15.2. The van der Waals surface area contributed by atoms with E-state index in [4.69, 9.17) is 5.26 Å². The lowest BCUT2D eigenvalue weighted by molar-refractivity contribution is 0.171. The Morgan fingerprint density at radius 2 is 1.90 bits per heavy atom. The molecule has 2 aromatic carbocycles. The molecular formula is C17H17FN2O. The van der Waals surface area contributed by atoms with Crippen LogP contribution >= 0.6 is 0 Å². The Labute approximate surface area is 123 Å². The number of rotatable bonds is 5. The minimum absolute atomic E-state index is 0.0373. The molecule has 4 heteroatoms. The third-order valence-electron chi connectivity index (χ3n) is 3.42. The number of aliphatic hydroxyl groups excluding tert-OH is 1. The van der Waals surface area contributed by atoms with Crippen LogP contribution in [0.3, 0.4) is 0 Å². The summed E-state index contributed by atoms with van der Waals surface area (Å²) in [5, 5.41) is 21.9. The molecule has 2 aromatic rings. The van der Waals surface area contributed by atoms with Crippen LogP contribution < -0.4 is 5.32 Å². The fourth-order valence-corrected chi connectivity index (χ4v) is 2.09. The van der Waals surface area contributed by atoms with Gasteiger partial charge in [-0.3, -0.25) is 0 Å². The maximum absolute atomic E-state index is 13.6. The molecular weight excluding hydrogens is 267 g/mol. The van der Waals surface area contributed by atoms with Crippen LogP contribution in [0.15, 0.2) is 48.5 Å². The molecule has 0 aliphatic carbocycles. The van der Waals surface area contributed by atoms with Gasteiger partial charge < -0.3 is 10.4 Å². The van der Waals surface area contributed by atoms with Crippen molar-refractivity contribution in [2.45, 2.75) is 19.1 Å². The van der Waals surface area contributed by atoms with Gasteiger partial charge in [-0.05, 0) is 30.2 Å². The molecule has 0 radical (unpaired) electrons. The van der Waals surface area contributed by atoms with Crippen LogP contribution in [0, 0.1) is 17.1 Å². The second kappa shape index (κ2) is 6.98. The molecule has 0 bridgehead atoms. The van der Waals surface area contributed by atoms with Gasteiger partial charge in [0.15, 0.2) is 0 Å². The fraction of sp³-hybridized carbons (Fsp3) is 0.235. The standard InChI is InChI=1S/C17H17FN2O/c1-12(14-7-8-15(10-19)16(18)9-14)20-11-17(21)13-5-3-2-4-6-13/h2-9,12,17,20-21H,11H2,1H3. The van der Waals surface area contributed by atoms with Crippen molar-refractivity contribution in [1.29, 1.82) is 5.26 Å². The summed E-state index contributed by atoms with van der Waals surface area (Å²) in [7, 11) is 0. The highest BCUT2D eigenvalue weighted by Gasteiger charge is 2.12. The van der Waals surface area contributed by atoms with E-state index >= 15 is 0 Å². The first-order valence-corrected chi connectivity index (χ1v) is 6.77. The van der Waals surface area contributed by atoms with E-state index in [0.717, 1.165) is 11.1 Å². The summed E-state index contributed by atoms with van der Waals surface area (Å²) in [5.41, 5.74) is 1.62. The first-order valence-electron chi connectivity index (χ1n) is 6.77. The highest BCUT2D eigenvalue weighted by atomic mass is 19.1. The summed E-state index contributed by atoms with van der Waals surface area (Å²) in [5.74, 6) is -0.521. The normalized spacial score (nSPS) is 13.4. The van der Waals surface area contributed by atoms with E-state index in [1.807, 2.05) is 37.3 Å². The Kier molecular flexibility index (Phi) is 5.04. The average molecular weight is 284 g/mol. The Morgan fingerprint density at radius 3 is 2.52 bits per heavy atom. The first-order chi connectivity index (χ1) is 10.1. The van der Waals surface area contributed by atoms with Crippen molar-refractivity contribution in [3.8, 4) is 6.07 Å². The predicted molar refractivity (Wildman–Crippen MR) is 78.9 cm³/mol. The summed E-state index contributed by atoms with van der Waals surface area (Å²) >= 11 is 0. The van der Waals surface area contributed by atoms with E-state index in [9.17, 15) is 9.50 Å². The molecule has 0 spiro atoms. The molecule has 0 amide bonds. The molecule has 0 saturated heterocycles. The van der Waals surface area contributed by atoms with Gasteiger partial charge in [0, 0.05) is 12.6 Å². The van der Waals surface area contributed by atoms with E-state index in [1.165, 1.54) is 12.1 Å². The first kappa shape index (κ1) is 15.2. The number of aliphatic hydroxyl groups is 1. The van der Waals surface area contributed by atoms with Gasteiger partial charge in [-0.15, -0.1) is 0 Å². The highest BCUT2D eigenvalue weighted by molar-refractivity contribution is 5.34. The monoisotopic (exact) mass is 284 g/mol. The van der Waals surface area contributed by atoms with Crippen molar-refractivity contribution in [2.24, 2.45) is 0 Å². The van der Waals surface area contributed by atoms with Crippen LogP contribution in [-0.4, -0.2) is 11.7 Å². The van der Waals surface area contributed by atoms with Crippen LogP contribution in [0.2, 0.25) is 0 Å². The second-order valence-corrected chi connectivity index (χ2v) is 4.91. The van der Waals surface area contributed by atoms with Gasteiger partial charge in [0.05, 0.1) is 11.7 Å². The summed E-state index contributed by atoms with van der Waals surface area (Å²) in [4.78, 5) is 0. The second-order valence-electron chi connectivity index (χ2n) is 4.91. The number of halogens is 1. The average Bonchev–Trinajstić information content (AvgIpc) is 2.53. The lowest BCUT2D eigenvalue weighted by Crippen LogP contribution is -2.24. The third kappa shape index (κ3) is 3.88. The van der Waals surface area contributed by atoms with Gasteiger partial charge >= 0.3 is 0 Å². The number of nitrogens with one attached hydrogen (secondary N) is 1. The molecule has 0 saturated carbocycles. The number of nitriles is 1. The van der Waals surface area contributed by atoms with E-state index in [0.29, 0.717) is 6.54 Å². The molecule has 0 aliphatic rings. The smallest absolute Gasteiger partial charge is 0.141 e. The van der Waals surface area contributed by atoms with Crippen LogP contribution in [-0.2, 0) is 0 Å². The molecule has 21 heavy (non-hydrogen) atoms.